The number of carbonyl (C=O) groups is 1. The number of ether oxygens (including phenoxy) is 1. The molecule has 0 saturated carbocycles. The first kappa shape index (κ1) is 16.4. The van der Waals surface area contributed by atoms with Crippen LogP contribution in [0.3, 0.4) is 0 Å². The Balaban J connectivity index is 2.02. The number of rotatable bonds is 5. The van der Waals surface area contributed by atoms with Gasteiger partial charge in [-0.25, -0.2) is 0 Å². The summed E-state index contributed by atoms with van der Waals surface area (Å²) in [5.41, 5.74) is -0.0200. The Labute approximate surface area is 128 Å². The second kappa shape index (κ2) is 6.84. The maximum Gasteiger partial charge on any atom is 0.322 e. The van der Waals surface area contributed by atoms with Crippen molar-refractivity contribution >= 4 is 11.6 Å². The molecule has 1 aromatic rings. The summed E-state index contributed by atoms with van der Waals surface area (Å²) in [5, 5.41) is 17.9. The number of aromatic nitrogens is 2. The van der Waals surface area contributed by atoms with Crippen LogP contribution in [-0.2, 0) is 11.8 Å². The van der Waals surface area contributed by atoms with Gasteiger partial charge in [0.25, 0.3) is 5.91 Å². The van der Waals surface area contributed by atoms with Gasteiger partial charge in [-0.15, -0.1) is 0 Å². The minimum atomic E-state index is -0.566. The third kappa shape index (κ3) is 3.60. The van der Waals surface area contributed by atoms with Gasteiger partial charge in [0.15, 0.2) is 0 Å². The van der Waals surface area contributed by atoms with Crippen LogP contribution in [0.5, 0.6) is 0 Å². The van der Waals surface area contributed by atoms with Gasteiger partial charge in [-0.1, -0.05) is 0 Å². The van der Waals surface area contributed by atoms with Crippen molar-refractivity contribution in [3.8, 4) is 0 Å². The number of hydrogen-bond donors (Lipinski definition) is 1. The van der Waals surface area contributed by atoms with Gasteiger partial charge >= 0.3 is 5.69 Å². The summed E-state index contributed by atoms with van der Waals surface area (Å²) in [7, 11) is 1.58. The van der Waals surface area contributed by atoms with Crippen LogP contribution in [0.15, 0.2) is 0 Å². The van der Waals surface area contributed by atoms with Gasteiger partial charge in [0.2, 0.25) is 5.69 Å². The summed E-state index contributed by atoms with van der Waals surface area (Å²) < 4.78 is 6.62. The Morgan fingerprint density at radius 1 is 1.50 bits per heavy atom. The summed E-state index contributed by atoms with van der Waals surface area (Å²) in [6.45, 7) is 7.13. The summed E-state index contributed by atoms with van der Waals surface area (Å²) in [4.78, 5) is 25.0. The molecule has 1 aromatic heterocycles. The van der Waals surface area contributed by atoms with E-state index in [0.717, 1.165) is 13.1 Å². The monoisotopic (exact) mass is 311 g/mol. The normalized spacial score (nSPS) is 17.2. The Kier molecular flexibility index (Phi) is 5.09. The molecule has 1 atom stereocenters. The largest absolute Gasteiger partial charge is 0.379 e. The first-order valence-electron chi connectivity index (χ1n) is 7.19. The molecule has 1 N–H and O–H groups in total. The number of hydrogen-bond acceptors (Lipinski definition) is 6. The van der Waals surface area contributed by atoms with Crippen molar-refractivity contribution in [1.82, 2.24) is 20.0 Å². The van der Waals surface area contributed by atoms with Gasteiger partial charge in [-0.05, 0) is 13.8 Å². The van der Waals surface area contributed by atoms with E-state index in [-0.39, 0.29) is 17.4 Å². The van der Waals surface area contributed by atoms with Crippen LogP contribution in [0.4, 0.5) is 5.69 Å². The molecule has 0 radical (unpaired) electrons. The van der Waals surface area contributed by atoms with E-state index in [1.54, 1.807) is 14.0 Å². The zero-order valence-electron chi connectivity index (χ0n) is 13.0. The predicted octanol–water partition coefficient (Wildman–Crippen LogP) is 0.0872. The molecule has 0 aromatic carbocycles. The van der Waals surface area contributed by atoms with Gasteiger partial charge in [0.1, 0.15) is 5.69 Å². The van der Waals surface area contributed by atoms with E-state index in [1.807, 2.05) is 6.92 Å². The molecule has 1 amide bonds. The van der Waals surface area contributed by atoms with E-state index in [1.165, 1.54) is 4.68 Å². The molecule has 1 aliphatic heterocycles. The fourth-order valence-electron chi connectivity index (χ4n) is 2.48. The molecular formula is C13H21N5O4. The molecule has 1 aliphatic rings. The first-order valence-corrected chi connectivity index (χ1v) is 7.19. The summed E-state index contributed by atoms with van der Waals surface area (Å²) in [6.07, 6.45) is 0. The molecule has 22 heavy (non-hydrogen) atoms. The van der Waals surface area contributed by atoms with Crippen molar-refractivity contribution in [3.63, 3.8) is 0 Å². The second-order valence-electron chi connectivity index (χ2n) is 5.45. The molecular weight excluding hydrogens is 290 g/mol. The minimum Gasteiger partial charge on any atom is -0.379 e. The van der Waals surface area contributed by atoms with Crippen LogP contribution in [0.25, 0.3) is 0 Å². The molecule has 122 valence electrons. The molecule has 0 aliphatic carbocycles. The number of amides is 1. The van der Waals surface area contributed by atoms with E-state index >= 15 is 0 Å². The van der Waals surface area contributed by atoms with E-state index < -0.39 is 10.8 Å². The lowest BCUT2D eigenvalue weighted by Crippen LogP contribution is -2.46. The average molecular weight is 311 g/mol. The topological polar surface area (TPSA) is 103 Å². The van der Waals surface area contributed by atoms with Crippen LogP contribution in [-0.4, -0.2) is 64.4 Å². The molecule has 9 heteroatoms. The predicted molar refractivity (Wildman–Crippen MR) is 78.8 cm³/mol. The molecule has 0 spiro atoms. The van der Waals surface area contributed by atoms with Crippen molar-refractivity contribution in [3.05, 3.63) is 21.5 Å². The Morgan fingerprint density at radius 3 is 2.73 bits per heavy atom. The Bertz CT molecular complexity index is 565. The quantitative estimate of drug-likeness (QED) is 0.610. The van der Waals surface area contributed by atoms with Crippen molar-refractivity contribution in [1.29, 1.82) is 0 Å². The number of morpholine rings is 1. The van der Waals surface area contributed by atoms with Crippen LogP contribution in [0.2, 0.25) is 0 Å². The number of nitrogens with one attached hydrogen (secondary N) is 1. The second-order valence-corrected chi connectivity index (χ2v) is 5.45. The summed E-state index contributed by atoms with van der Waals surface area (Å²) in [6, 6.07) is -0.132. The summed E-state index contributed by atoms with van der Waals surface area (Å²) >= 11 is 0. The van der Waals surface area contributed by atoms with Gasteiger partial charge in [0, 0.05) is 32.7 Å². The maximum absolute atomic E-state index is 12.3. The SMILES string of the molecule is Cc1c([N+](=O)[O-])c(C(=O)N[C@H](C)CN2CCOCC2)nn1C. The lowest BCUT2D eigenvalue weighted by Gasteiger charge is -2.29. The number of carbonyl (C=O) groups excluding carboxylic acids is 1. The zero-order chi connectivity index (χ0) is 16.3. The summed E-state index contributed by atoms with van der Waals surface area (Å²) in [5.74, 6) is -0.517. The van der Waals surface area contributed by atoms with Crippen LogP contribution >= 0.6 is 0 Å². The third-order valence-electron chi connectivity index (χ3n) is 3.71. The average Bonchev–Trinajstić information content (AvgIpc) is 2.76. The number of aryl methyl sites for hydroxylation is 1. The molecule has 2 rings (SSSR count). The molecule has 2 heterocycles. The third-order valence-corrected chi connectivity index (χ3v) is 3.71. The molecule has 0 unspecified atom stereocenters. The molecule has 0 bridgehead atoms. The van der Waals surface area contributed by atoms with Crippen LogP contribution in [0, 0.1) is 17.0 Å². The fraction of sp³-hybridized carbons (Fsp3) is 0.692. The van der Waals surface area contributed by atoms with Crippen LogP contribution in [0.1, 0.15) is 23.1 Å². The lowest BCUT2D eigenvalue weighted by atomic mass is 10.2. The standard InChI is InChI=1S/C13H21N5O4/c1-9(8-17-4-6-22-7-5-17)14-13(19)11-12(18(20)21)10(2)16(3)15-11/h9H,4-8H2,1-3H3,(H,14,19)/t9-/m1/s1. The minimum absolute atomic E-state index is 0.132. The zero-order valence-corrected chi connectivity index (χ0v) is 13.0. The van der Waals surface area contributed by atoms with E-state index in [2.05, 4.69) is 15.3 Å². The van der Waals surface area contributed by atoms with Gasteiger partial charge in [-0.3, -0.25) is 24.5 Å². The van der Waals surface area contributed by atoms with Crippen LogP contribution < -0.4 is 5.32 Å². The van der Waals surface area contributed by atoms with Crippen molar-refractivity contribution in [2.24, 2.45) is 7.05 Å². The highest BCUT2D eigenvalue weighted by Crippen LogP contribution is 2.21. The highest BCUT2D eigenvalue weighted by molar-refractivity contribution is 5.96. The molecule has 1 fully saturated rings. The van der Waals surface area contributed by atoms with E-state index in [0.29, 0.717) is 25.5 Å². The number of nitrogens with zero attached hydrogens (tertiary/aromatic N) is 4. The smallest absolute Gasteiger partial charge is 0.322 e. The highest BCUT2D eigenvalue weighted by Gasteiger charge is 2.29. The van der Waals surface area contributed by atoms with Crippen molar-refractivity contribution in [2.45, 2.75) is 19.9 Å². The molecule has 9 nitrogen and oxygen atoms in total. The van der Waals surface area contributed by atoms with Gasteiger partial charge in [-0.2, -0.15) is 5.10 Å². The van der Waals surface area contributed by atoms with Gasteiger partial charge < -0.3 is 10.1 Å². The Morgan fingerprint density at radius 2 is 2.14 bits per heavy atom. The highest BCUT2D eigenvalue weighted by atomic mass is 16.6. The molecule has 1 saturated heterocycles. The first-order chi connectivity index (χ1) is 10.4. The van der Waals surface area contributed by atoms with Crippen molar-refractivity contribution in [2.75, 3.05) is 32.8 Å². The van der Waals surface area contributed by atoms with E-state index in [4.69, 9.17) is 4.74 Å². The fourth-order valence-corrected chi connectivity index (χ4v) is 2.48. The van der Waals surface area contributed by atoms with Gasteiger partial charge in [0.05, 0.1) is 18.1 Å². The van der Waals surface area contributed by atoms with Crippen molar-refractivity contribution < 1.29 is 14.5 Å². The van der Waals surface area contributed by atoms with E-state index in [9.17, 15) is 14.9 Å². The maximum atomic E-state index is 12.3. The number of nitro groups is 1. The Hall–Kier alpha value is -2.00. The lowest BCUT2D eigenvalue weighted by molar-refractivity contribution is -0.385.